The van der Waals surface area contributed by atoms with Gasteiger partial charge in [0.2, 0.25) is 0 Å². The van der Waals surface area contributed by atoms with Crippen LogP contribution in [0, 0.1) is 10.1 Å². The van der Waals surface area contributed by atoms with Crippen LogP contribution in [0.4, 0.5) is 5.69 Å². The molecule has 0 saturated heterocycles. The van der Waals surface area contributed by atoms with Crippen LogP contribution in [0.1, 0.15) is 5.56 Å². The van der Waals surface area contributed by atoms with E-state index in [0.717, 1.165) is 0 Å². The molecular weight excluding hydrogens is 260 g/mol. The summed E-state index contributed by atoms with van der Waals surface area (Å²) in [5.74, 6) is -0.318. The average molecular weight is 274 g/mol. The summed E-state index contributed by atoms with van der Waals surface area (Å²) in [6.45, 7) is 0.0284. The molecule has 0 atom stereocenters. The summed E-state index contributed by atoms with van der Waals surface area (Å²) in [5, 5.41) is 10.8. The van der Waals surface area contributed by atoms with Crippen molar-refractivity contribution in [2.75, 3.05) is 19.4 Å². The van der Waals surface area contributed by atoms with Crippen molar-refractivity contribution in [3.63, 3.8) is 0 Å². The zero-order chi connectivity index (χ0) is 13.8. The van der Waals surface area contributed by atoms with E-state index in [9.17, 15) is 18.5 Å². The van der Waals surface area contributed by atoms with E-state index in [1.807, 2.05) is 0 Å². The van der Waals surface area contributed by atoms with Gasteiger partial charge in [-0.3, -0.25) is 10.1 Å². The van der Waals surface area contributed by atoms with Crippen molar-refractivity contribution in [1.82, 2.24) is 0 Å². The number of hydrogen-bond donors (Lipinski definition) is 1. The summed E-state index contributed by atoms with van der Waals surface area (Å²) in [4.78, 5) is 10.2. The minimum absolute atomic E-state index is 0.0284. The standard InChI is InChI=1S/C10H14N2O5S/c1-17-10-3-2-8(6-9(10)12(13)14)7-18(15,16)5-4-11/h2-3,6H,4-5,7,11H2,1H3. The summed E-state index contributed by atoms with van der Waals surface area (Å²) in [6.07, 6.45) is 0. The van der Waals surface area contributed by atoms with Crippen molar-refractivity contribution >= 4 is 15.5 Å². The smallest absolute Gasteiger partial charge is 0.311 e. The molecule has 0 bridgehead atoms. The van der Waals surface area contributed by atoms with Crippen molar-refractivity contribution < 1.29 is 18.1 Å². The number of nitro groups is 1. The summed E-state index contributed by atoms with van der Waals surface area (Å²) in [7, 11) is -2.02. The van der Waals surface area contributed by atoms with Gasteiger partial charge in [0, 0.05) is 12.6 Å². The van der Waals surface area contributed by atoms with Gasteiger partial charge < -0.3 is 10.5 Å². The minimum atomic E-state index is -3.34. The van der Waals surface area contributed by atoms with Crippen LogP contribution in [0.15, 0.2) is 18.2 Å². The van der Waals surface area contributed by atoms with Crippen LogP contribution >= 0.6 is 0 Å². The maximum absolute atomic E-state index is 11.6. The van der Waals surface area contributed by atoms with Crippen LogP contribution in [0.3, 0.4) is 0 Å². The fourth-order valence-electron chi connectivity index (χ4n) is 1.47. The normalized spacial score (nSPS) is 11.2. The molecule has 0 fully saturated rings. The first-order valence-corrected chi connectivity index (χ1v) is 6.93. The highest BCUT2D eigenvalue weighted by Crippen LogP contribution is 2.28. The molecule has 0 aliphatic rings. The molecule has 0 spiro atoms. The van der Waals surface area contributed by atoms with Crippen molar-refractivity contribution in [2.45, 2.75) is 5.75 Å². The number of benzene rings is 1. The highest BCUT2D eigenvalue weighted by Gasteiger charge is 2.18. The maximum atomic E-state index is 11.6. The molecule has 0 aliphatic carbocycles. The van der Waals surface area contributed by atoms with Crippen molar-refractivity contribution in [3.05, 3.63) is 33.9 Å². The SMILES string of the molecule is COc1ccc(CS(=O)(=O)CCN)cc1[N+](=O)[O-]. The number of ether oxygens (including phenoxy) is 1. The minimum Gasteiger partial charge on any atom is -0.490 e. The largest absolute Gasteiger partial charge is 0.490 e. The highest BCUT2D eigenvalue weighted by molar-refractivity contribution is 7.90. The quantitative estimate of drug-likeness (QED) is 0.596. The summed E-state index contributed by atoms with van der Waals surface area (Å²) < 4.78 is 27.9. The number of nitrogens with two attached hydrogens (primary N) is 1. The molecule has 1 aromatic rings. The van der Waals surface area contributed by atoms with Gasteiger partial charge >= 0.3 is 5.69 Å². The van der Waals surface area contributed by atoms with Crippen molar-refractivity contribution in [3.8, 4) is 5.75 Å². The maximum Gasteiger partial charge on any atom is 0.311 e. The lowest BCUT2D eigenvalue weighted by Crippen LogP contribution is -2.17. The Hall–Kier alpha value is -1.67. The van der Waals surface area contributed by atoms with E-state index < -0.39 is 14.8 Å². The predicted molar refractivity (Wildman–Crippen MR) is 66.2 cm³/mol. The third kappa shape index (κ3) is 3.67. The Morgan fingerprint density at radius 3 is 2.61 bits per heavy atom. The fourth-order valence-corrected chi connectivity index (χ4v) is 2.66. The summed E-state index contributed by atoms with van der Waals surface area (Å²) >= 11 is 0. The molecule has 0 amide bonds. The van der Waals surface area contributed by atoms with Crippen LogP contribution in [0.5, 0.6) is 5.75 Å². The monoisotopic (exact) mass is 274 g/mol. The zero-order valence-corrected chi connectivity index (χ0v) is 10.6. The van der Waals surface area contributed by atoms with Gasteiger partial charge in [-0.25, -0.2) is 8.42 Å². The molecule has 0 radical (unpaired) electrons. The second kappa shape index (κ2) is 5.78. The van der Waals surface area contributed by atoms with Gasteiger partial charge in [-0.15, -0.1) is 0 Å². The number of methoxy groups -OCH3 is 1. The number of sulfone groups is 1. The van der Waals surface area contributed by atoms with E-state index in [1.165, 1.54) is 25.3 Å². The molecule has 8 heteroatoms. The van der Waals surface area contributed by atoms with Crippen LogP contribution in [0.2, 0.25) is 0 Å². The first-order valence-electron chi connectivity index (χ1n) is 5.11. The van der Waals surface area contributed by atoms with E-state index in [1.54, 1.807) is 0 Å². The van der Waals surface area contributed by atoms with E-state index in [-0.39, 0.29) is 29.5 Å². The molecule has 18 heavy (non-hydrogen) atoms. The van der Waals surface area contributed by atoms with Crippen LogP contribution in [-0.2, 0) is 15.6 Å². The van der Waals surface area contributed by atoms with Crippen molar-refractivity contribution in [2.24, 2.45) is 5.73 Å². The Bertz CT molecular complexity index is 541. The molecule has 0 saturated carbocycles. The third-order valence-electron chi connectivity index (χ3n) is 2.26. The molecule has 0 aromatic heterocycles. The third-order valence-corrected chi connectivity index (χ3v) is 3.89. The molecule has 0 unspecified atom stereocenters. The van der Waals surface area contributed by atoms with Gasteiger partial charge in [0.25, 0.3) is 0 Å². The molecule has 1 rings (SSSR count). The molecule has 0 aliphatic heterocycles. The molecule has 1 aromatic carbocycles. The Labute approximate surface area is 105 Å². The molecule has 7 nitrogen and oxygen atoms in total. The van der Waals surface area contributed by atoms with Gasteiger partial charge in [0.15, 0.2) is 15.6 Å². The summed E-state index contributed by atoms with van der Waals surface area (Å²) in [6, 6.07) is 4.07. The van der Waals surface area contributed by atoms with Crippen LogP contribution in [0.25, 0.3) is 0 Å². The van der Waals surface area contributed by atoms with Crippen LogP contribution in [-0.4, -0.2) is 32.7 Å². The van der Waals surface area contributed by atoms with Gasteiger partial charge in [-0.1, -0.05) is 6.07 Å². The first-order chi connectivity index (χ1) is 8.39. The molecule has 0 heterocycles. The topological polar surface area (TPSA) is 113 Å². The molecule has 100 valence electrons. The fraction of sp³-hybridized carbons (Fsp3) is 0.400. The first kappa shape index (κ1) is 14.4. The highest BCUT2D eigenvalue weighted by atomic mass is 32.2. The predicted octanol–water partition coefficient (Wildman–Crippen LogP) is 0.477. The lowest BCUT2D eigenvalue weighted by molar-refractivity contribution is -0.385. The van der Waals surface area contributed by atoms with Crippen molar-refractivity contribution in [1.29, 1.82) is 0 Å². The van der Waals surface area contributed by atoms with E-state index >= 15 is 0 Å². The van der Waals surface area contributed by atoms with E-state index in [4.69, 9.17) is 10.5 Å². The number of nitro benzene ring substituents is 1. The lowest BCUT2D eigenvalue weighted by atomic mass is 10.2. The summed E-state index contributed by atoms with van der Waals surface area (Å²) in [5.41, 5.74) is 5.28. The van der Waals surface area contributed by atoms with Gasteiger partial charge in [-0.05, 0) is 11.6 Å². The van der Waals surface area contributed by atoms with E-state index in [2.05, 4.69) is 0 Å². The second-order valence-corrected chi connectivity index (χ2v) is 5.83. The van der Waals surface area contributed by atoms with Gasteiger partial charge in [0.1, 0.15) is 0 Å². The Balaban J connectivity index is 3.06. The number of rotatable bonds is 6. The second-order valence-electron chi connectivity index (χ2n) is 3.64. The van der Waals surface area contributed by atoms with Crippen LogP contribution < -0.4 is 10.5 Å². The Kier molecular flexibility index (Phi) is 4.62. The average Bonchev–Trinajstić information content (AvgIpc) is 2.28. The number of hydrogen-bond acceptors (Lipinski definition) is 6. The zero-order valence-electron chi connectivity index (χ0n) is 9.83. The van der Waals surface area contributed by atoms with Gasteiger partial charge in [0.05, 0.1) is 23.5 Å². The van der Waals surface area contributed by atoms with Gasteiger partial charge in [-0.2, -0.15) is 0 Å². The Morgan fingerprint density at radius 1 is 1.44 bits per heavy atom. The lowest BCUT2D eigenvalue weighted by Gasteiger charge is -2.05. The number of nitrogens with zero attached hydrogens (tertiary/aromatic N) is 1. The van der Waals surface area contributed by atoms with E-state index in [0.29, 0.717) is 5.56 Å². The molecular formula is C10H14N2O5S. The molecule has 2 N–H and O–H groups in total. The Morgan fingerprint density at radius 2 is 2.11 bits per heavy atom.